The third kappa shape index (κ3) is 3.14. The molecule has 3 heterocycles. The van der Waals surface area contributed by atoms with Crippen molar-refractivity contribution in [2.75, 3.05) is 0 Å². The highest BCUT2D eigenvalue weighted by Crippen LogP contribution is 2.20. The van der Waals surface area contributed by atoms with Gasteiger partial charge in [-0.1, -0.05) is 6.42 Å². The molecule has 21 heavy (non-hydrogen) atoms. The number of nitriles is 1. The first-order valence-electron chi connectivity index (χ1n) is 7.42. The lowest BCUT2D eigenvalue weighted by Gasteiger charge is -2.14. The Morgan fingerprint density at radius 2 is 2.29 bits per heavy atom. The number of fused-ring (bicyclic) bond motifs is 1. The number of hydrogen-bond acceptors (Lipinski definition) is 5. The lowest BCUT2D eigenvalue weighted by Crippen LogP contribution is -2.22. The summed E-state index contributed by atoms with van der Waals surface area (Å²) in [5.41, 5.74) is 0. The summed E-state index contributed by atoms with van der Waals surface area (Å²) < 4.78 is 2.28. The molecule has 1 N–H and O–H groups in total. The van der Waals surface area contributed by atoms with E-state index in [-0.39, 0.29) is 6.04 Å². The maximum atomic E-state index is 8.86. The van der Waals surface area contributed by atoms with Gasteiger partial charge in [-0.2, -0.15) is 5.26 Å². The quantitative estimate of drug-likeness (QED) is 0.943. The summed E-state index contributed by atoms with van der Waals surface area (Å²) in [6.45, 7) is 3.91. The van der Waals surface area contributed by atoms with E-state index in [0.29, 0.717) is 0 Å². The first-order valence-corrected chi connectivity index (χ1v) is 8.24. The molecule has 1 aliphatic rings. The average Bonchev–Trinajstić information content (AvgIpc) is 3.06. The van der Waals surface area contributed by atoms with Crippen LogP contribution in [0.15, 0.2) is 12.1 Å². The van der Waals surface area contributed by atoms with Crippen LogP contribution in [0, 0.1) is 11.3 Å². The number of aromatic nitrogens is 3. The smallest absolute Gasteiger partial charge is 0.149 e. The highest BCUT2D eigenvalue weighted by atomic mass is 32.1. The van der Waals surface area contributed by atoms with Crippen LogP contribution in [-0.2, 0) is 19.5 Å². The van der Waals surface area contributed by atoms with Crippen molar-refractivity contribution < 1.29 is 0 Å². The van der Waals surface area contributed by atoms with Gasteiger partial charge in [0.25, 0.3) is 0 Å². The number of aryl methyl sites for hydroxylation is 1. The first-order chi connectivity index (χ1) is 10.3. The van der Waals surface area contributed by atoms with E-state index in [4.69, 9.17) is 5.26 Å². The van der Waals surface area contributed by atoms with Crippen molar-refractivity contribution in [1.29, 1.82) is 5.26 Å². The molecule has 0 radical (unpaired) electrons. The summed E-state index contributed by atoms with van der Waals surface area (Å²) in [7, 11) is 0. The minimum absolute atomic E-state index is 0.164. The zero-order chi connectivity index (χ0) is 14.7. The van der Waals surface area contributed by atoms with E-state index < -0.39 is 0 Å². The number of hydrogen-bond donors (Lipinski definition) is 1. The minimum atomic E-state index is 0.164. The molecule has 0 bridgehead atoms. The fraction of sp³-hybridized carbons (Fsp3) is 0.533. The van der Waals surface area contributed by atoms with Crippen molar-refractivity contribution in [3.8, 4) is 6.07 Å². The SMILES string of the molecule is CC(NCc1ccc(C#N)s1)c1nnc2n1CCCCC2. The molecular formula is C15H19N5S. The number of thiophene rings is 1. The van der Waals surface area contributed by atoms with Gasteiger partial charge in [-0.05, 0) is 31.9 Å². The van der Waals surface area contributed by atoms with Gasteiger partial charge in [0.1, 0.15) is 22.6 Å². The number of nitrogens with one attached hydrogen (secondary N) is 1. The van der Waals surface area contributed by atoms with Gasteiger partial charge < -0.3 is 9.88 Å². The molecule has 0 amide bonds. The Hall–Kier alpha value is -1.71. The second kappa shape index (κ2) is 6.37. The van der Waals surface area contributed by atoms with Crippen molar-refractivity contribution in [3.63, 3.8) is 0 Å². The van der Waals surface area contributed by atoms with Crippen molar-refractivity contribution in [1.82, 2.24) is 20.1 Å². The number of nitrogens with zero attached hydrogens (tertiary/aromatic N) is 4. The Bertz CT molecular complexity index is 651. The Morgan fingerprint density at radius 1 is 1.38 bits per heavy atom. The van der Waals surface area contributed by atoms with Crippen molar-refractivity contribution in [3.05, 3.63) is 33.5 Å². The standard InChI is InChI=1S/C15H19N5S/c1-11(17-10-13-7-6-12(9-16)21-13)15-19-18-14-5-3-2-4-8-20(14)15/h6-7,11,17H,2-5,8,10H2,1H3. The molecule has 1 unspecified atom stereocenters. The molecule has 0 saturated carbocycles. The first kappa shape index (κ1) is 14.2. The molecular weight excluding hydrogens is 282 g/mol. The van der Waals surface area contributed by atoms with Crippen LogP contribution in [0.2, 0.25) is 0 Å². The summed E-state index contributed by atoms with van der Waals surface area (Å²) in [6.07, 6.45) is 4.74. The van der Waals surface area contributed by atoms with E-state index in [9.17, 15) is 0 Å². The Labute approximate surface area is 128 Å². The Morgan fingerprint density at radius 3 is 3.10 bits per heavy atom. The van der Waals surface area contributed by atoms with E-state index in [1.165, 1.54) is 35.5 Å². The van der Waals surface area contributed by atoms with Gasteiger partial charge >= 0.3 is 0 Å². The molecule has 0 aliphatic carbocycles. The van der Waals surface area contributed by atoms with Gasteiger partial charge in [0.05, 0.1) is 6.04 Å². The van der Waals surface area contributed by atoms with Crippen molar-refractivity contribution >= 4 is 11.3 Å². The van der Waals surface area contributed by atoms with Crippen LogP contribution < -0.4 is 5.32 Å². The highest BCUT2D eigenvalue weighted by molar-refractivity contribution is 7.12. The zero-order valence-corrected chi connectivity index (χ0v) is 13.0. The third-order valence-electron chi connectivity index (χ3n) is 3.88. The molecule has 6 heteroatoms. The Kier molecular flexibility index (Phi) is 4.32. The van der Waals surface area contributed by atoms with Gasteiger partial charge in [0.2, 0.25) is 0 Å². The van der Waals surface area contributed by atoms with Crippen LogP contribution in [0.3, 0.4) is 0 Å². The fourth-order valence-electron chi connectivity index (χ4n) is 2.71. The highest BCUT2D eigenvalue weighted by Gasteiger charge is 2.18. The second-order valence-electron chi connectivity index (χ2n) is 5.42. The van der Waals surface area contributed by atoms with Gasteiger partial charge in [-0.15, -0.1) is 21.5 Å². The minimum Gasteiger partial charge on any atom is -0.314 e. The largest absolute Gasteiger partial charge is 0.314 e. The van der Waals surface area contributed by atoms with E-state index in [2.05, 4.69) is 33.1 Å². The second-order valence-corrected chi connectivity index (χ2v) is 6.59. The molecule has 5 nitrogen and oxygen atoms in total. The lowest BCUT2D eigenvalue weighted by molar-refractivity contribution is 0.504. The van der Waals surface area contributed by atoms with E-state index in [1.54, 1.807) is 0 Å². The van der Waals surface area contributed by atoms with E-state index >= 15 is 0 Å². The summed E-state index contributed by atoms with van der Waals surface area (Å²) in [6, 6.07) is 6.22. The van der Waals surface area contributed by atoms with Crippen LogP contribution in [0.5, 0.6) is 0 Å². The van der Waals surface area contributed by atoms with Crippen LogP contribution >= 0.6 is 11.3 Å². The normalized spacial score (nSPS) is 16.0. The van der Waals surface area contributed by atoms with Crippen LogP contribution in [0.1, 0.15) is 53.6 Å². The molecule has 0 saturated heterocycles. The van der Waals surface area contributed by atoms with Crippen LogP contribution in [-0.4, -0.2) is 14.8 Å². The average molecular weight is 301 g/mol. The molecule has 0 fully saturated rings. The third-order valence-corrected chi connectivity index (χ3v) is 4.87. The van der Waals surface area contributed by atoms with Crippen LogP contribution in [0.4, 0.5) is 0 Å². The predicted molar refractivity (Wildman–Crippen MR) is 81.9 cm³/mol. The molecule has 2 aromatic rings. The van der Waals surface area contributed by atoms with E-state index in [0.717, 1.165) is 36.0 Å². The van der Waals surface area contributed by atoms with Crippen LogP contribution in [0.25, 0.3) is 0 Å². The molecule has 110 valence electrons. The van der Waals surface area contributed by atoms with Crippen molar-refractivity contribution in [2.45, 2.75) is 51.7 Å². The maximum Gasteiger partial charge on any atom is 0.149 e. The summed E-state index contributed by atoms with van der Waals surface area (Å²) in [4.78, 5) is 1.94. The predicted octanol–water partition coefficient (Wildman–Crippen LogP) is 2.79. The zero-order valence-electron chi connectivity index (χ0n) is 12.2. The van der Waals surface area contributed by atoms with Gasteiger partial charge in [-0.3, -0.25) is 0 Å². The summed E-state index contributed by atoms with van der Waals surface area (Å²) >= 11 is 1.54. The molecule has 1 aliphatic heterocycles. The van der Waals surface area contributed by atoms with Gasteiger partial charge in [0, 0.05) is 24.4 Å². The van der Waals surface area contributed by atoms with Crippen molar-refractivity contribution in [2.24, 2.45) is 0 Å². The summed E-state index contributed by atoms with van der Waals surface area (Å²) in [5.74, 6) is 2.16. The van der Waals surface area contributed by atoms with E-state index in [1.807, 2.05) is 12.1 Å². The van der Waals surface area contributed by atoms with Gasteiger partial charge in [0.15, 0.2) is 0 Å². The van der Waals surface area contributed by atoms with Gasteiger partial charge in [-0.25, -0.2) is 0 Å². The maximum absolute atomic E-state index is 8.86. The fourth-order valence-corrected chi connectivity index (χ4v) is 3.46. The molecule has 2 aromatic heterocycles. The Balaban J connectivity index is 1.67. The topological polar surface area (TPSA) is 66.5 Å². The lowest BCUT2D eigenvalue weighted by atomic mass is 10.2. The molecule has 3 rings (SSSR count). The molecule has 1 atom stereocenters. The summed E-state index contributed by atoms with van der Waals surface area (Å²) in [5, 5.41) is 21.1. The monoisotopic (exact) mass is 301 g/mol. The molecule has 0 spiro atoms. The molecule has 0 aromatic carbocycles. The number of rotatable bonds is 4.